The third-order valence-corrected chi connectivity index (χ3v) is 4.52. The summed E-state index contributed by atoms with van der Waals surface area (Å²) in [6.07, 6.45) is 2.96. The molecule has 0 amide bonds. The number of rotatable bonds is 5. The number of hydrogen-bond acceptors (Lipinski definition) is 1. The van der Waals surface area contributed by atoms with Crippen LogP contribution in [0.3, 0.4) is 0 Å². The summed E-state index contributed by atoms with van der Waals surface area (Å²) >= 11 is 7.02. The Hall–Kier alpha value is -0.280. The van der Waals surface area contributed by atoms with Crippen LogP contribution in [0.15, 0.2) is 35.3 Å². The Morgan fingerprint density at radius 2 is 2.19 bits per heavy atom. The minimum Gasteiger partial charge on any atom is -0.496 e. The van der Waals surface area contributed by atoms with Gasteiger partial charge in [0.15, 0.2) is 0 Å². The Balaban J connectivity index is 2.90. The van der Waals surface area contributed by atoms with Gasteiger partial charge in [-0.25, -0.2) is 0 Å². The molecular formula is C13H16Br2O. The molecule has 0 spiro atoms. The molecule has 0 radical (unpaired) electrons. The molecule has 1 atom stereocenters. The van der Waals surface area contributed by atoms with E-state index in [4.69, 9.17) is 4.74 Å². The smallest absolute Gasteiger partial charge is 0.133 e. The first-order valence-electron chi connectivity index (χ1n) is 5.06. The molecule has 1 aromatic rings. The van der Waals surface area contributed by atoms with E-state index in [2.05, 4.69) is 57.5 Å². The average molecular weight is 348 g/mol. The fourth-order valence-corrected chi connectivity index (χ4v) is 2.48. The van der Waals surface area contributed by atoms with Crippen molar-refractivity contribution in [1.82, 2.24) is 0 Å². The van der Waals surface area contributed by atoms with Gasteiger partial charge in [0.1, 0.15) is 5.75 Å². The molecule has 0 bridgehead atoms. The monoisotopic (exact) mass is 346 g/mol. The van der Waals surface area contributed by atoms with Crippen LogP contribution < -0.4 is 4.74 Å². The molecule has 3 heteroatoms. The van der Waals surface area contributed by atoms with Gasteiger partial charge in [0.05, 0.1) is 11.6 Å². The van der Waals surface area contributed by atoms with Crippen LogP contribution in [-0.4, -0.2) is 12.4 Å². The van der Waals surface area contributed by atoms with Crippen molar-refractivity contribution in [2.45, 2.75) is 13.3 Å². The van der Waals surface area contributed by atoms with Gasteiger partial charge in [0.2, 0.25) is 0 Å². The summed E-state index contributed by atoms with van der Waals surface area (Å²) in [6.45, 7) is 6.08. The molecule has 0 fully saturated rings. The molecule has 0 aromatic heterocycles. The summed E-state index contributed by atoms with van der Waals surface area (Å²) in [6, 6.07) is 6.18. The Morgan fingerprint density at radius 3 is 2.62 bits per heavy atom. The molecule has 16 heavy (non-hydrogen) atoms. The molecule has 1 aromatic carbocycles. The summed E-state index contributed by atoms with van der Waals surface area (Å²) in [4.78, 5) is 0. The summed E-state index contributed by atoms with van der Waals surface area (Å²) in [5.74, 6) is 0.864. The molecule has 0 saturated carbocycles. The second-order valence-electron chi connectivity index (χ2n) is 4.14. The van der Waals surface area contributed by atoms with E-state index < -0.39 is 0 Å². The maximum atomic E-state index is 5.21. The standard InChI is InChI=1S/C13H16Br2O/c1-4-13(2,9-14)8-10-5-6-12(16-3)11(15)7-10/h4-7H,1,8-9H2,2-3H3. The number of alkyl halides is 1. The summed E-state index contributed by atoms with van der Waals surface area (Å²) in [7, 11) is 1.67. The quantitative estimate of drug-likeness (QED) is 0.559. The molecule has 0 heterocycles. The molecule has 0 aliphatic rings. The molecule has 0 aliphatic carbocycles. The van der Waals surface area contributed by atoms with Gasteiger partial charge in [0.25, 0.3) is 0 Å². The van der Waals surface area contributed by atoms with Crippen LogP contribution in [0.1, 0.15) is 12.5 Å². The molecule has 1 unspecified atom stereocenters. The van der Waals surface area contributed by atoms with E-state index >= 15 is 0 Å². The minimum atomic E-state index is 0.0913. The zero-order valence-corrected chi connectivity index (χ0v) is 12.8. The molecule has 0 saturated heterocycles. The lowest BCUT2D eigenvalue weighted by atomic mass is 9.86. The Labute approximate surface area is 114 Å². The molecule has 1 nitrogen and oxygen atoms in total. The Morgan fingerprint density at radius 1 is 1.50 bits per heavy atom. The fourth-order valence-electron chi connectivity index (χ4n) is 1.46. The molecule has 0 aliphatic heterocycles. The summed E-state index contributed by atoms with van der Waals surface area (Å²) in [5, 5.41) is 0.910. The van der Waals surface area contributed by atoms with Gasteiger partial charge in [-0.3, -0.25) is 0 Å². The maximum absolute atomic E-state index is 5.21. The van der Waals surface area contributed by atoms with Crippen molar-refractivity contribution >= 4 is 31.9 Å². The maximum Gasteiger partial charge on any atom is 0.133 e. The van der Waals surface area contributed by atoms with Gasteiger partial charge in [-0.15, -0.1) is 6.58 Å². The highest BCUT2D eigenvalue weighted by Gasteiger charge is 2.19. The van der Waals surface area contributed by atoms with Gasteiger partial charge in [-0.2, -0.15) is 0 Å². The van der Waals surface area contributed by atoms with Crippen LogP contribution in [0.2, 0.25) is 0 Å². The van der Waals surface area contributed by atoms with Crippen molar-refractivity contribution in [2.75, 3.05) is 12.4 Å². The highest BCUT2D eigenvalue weighted by atomic mass is 79.9. The van der Waals surface area contributed by atoms with Gasteiger partial charge < -0.3 is 4.74 Å². The third kappa shape index (κ3) is 3.36. The van der Waals surface area contributed by atoms with Crippen LogP contribution in [0, 0.1) is 5.41 Å². The SMILES string of the molecule is C=CC(C)(CBr)Cc1ccc(OC)c(Br)c1. The van der Waals surface area contributed by atoms with E-state index in [0.717, 1.165) is 22.0 Å². The zero-order valence-electron chi connectivity index (χ0n) is 9.59. The summed E-state index contributed by atoms with van der Waals surface area (Å²) in [5.41, 5.74) is 1.36. The van der Waals surface area contributed by atoms with Crippen molar-refractivity contribution < 1.29 is 4.74 Å². The number of hydrogen-bond donors (Lipinski definition) is 0. The van der Waals surface area contributed by atoms with Crippen LogP contribution in [0.4, 0.5) is 0 Å². The first-order valence-corrected chi connectivity index (χ1v) is 6.98. The number of ether oxygens (including phenoxy) is 1. The molecule has 0 N–H and O–H groups in total. The number of allylic oxidation sites excluding steroid dienone is 1. The number of benzene rings is 1. The number of halogens is 2. The average Bonchev–Trinajstić information content (AvgIpc) is 2.29. The topological polar surface area (TPSA) is 9.23 Å². The first-order chi connectivity index (χ1) is 7.54. The fraction of sp³-hybridized carbons (Fsp3) is 0.385. The van der Waals surface area contributed by atoms with E-state index in [-0.39, 0.29) is 5.41 Å². The van der Waals surface area contributed by atoms with Crippen molar-refractivity contribution in [3.8, 4) is 5.75 Å². The second kappa shape index (κ2) is 5.87. The highest BCUT2D eigenvalue weighted by molar-refractivity contribution is 9.10. The predicted octanol–water partition coefficient (Wildman–Crippen LogP) is 4.59. The second-order valence-corrected chi connectivity index (χ2v) is 5.55. The van der Waals surface area contributed by atoms with Gasteiger partial charge in [-0.1, -0.05) is 35.0 Å². The Kier molecular flexibility index (Phi) is 5.06. The lowest BCUT2D eigenvalue weighted by Gasteiger charge is -2.23. The zero-order chi connectivity index (χ0) is 12.2. The normalized spacial score (nSPS) is 14.2. The molecule has 1 rings (SSSR count). The van der Waals surface area contributed by atoms with Gasteiger partial charge in [-0.05, 0) is 45.5 Å². The van der Waals surface area contributed by atoms with Gasteiger partial charge >= 0.3 is 0 Å². The van der Waals surface area contributed by atoms with Crippen molar-refractivity contribution in [2.24, 2.45) is 5.41 Å². The number of methoxy groups -OCH3 is 1. The van der Waals surface area contributed by atoms with E-state index in [0.29, 0.717) is 0 Å². The van der Waals surface area contributed by atoms with Crippen LogP contribution in [0.5, 0.6) is 5.75 Å². The van der Waals surface area contributed by atoms with Crippen molar-refractivity contribution in [3.05, 3.63) is 40.9 Å². The highest BCUT2D eigenvalue weighted by Crippen LogP contribution is 2.30. The largest absolute Gasteiger partial charge is 0.496 e. The summed E-state index contributed by atoms with van der Waals surface area (Å²) < 4.78 is 6.20. The van der Waals surface area contributed by atoms with E-state index in [1.807, 2.05) is 12.1 Å². The molecular weight excluding hydrogens is 332 g/mol. The van der Waals surface area contributed by atoms with Crippen molar-refractivity contribution in [3.63, 3.8) is 0 Å². The minimum absolute atomic E-state index is 0.0913. The van der Waals surface area contributed by atoms with E-state index in [9.17, 15) is 0 Å². The molecule has 88 valence electrons. The van der Waals surface area contributed by atoms with Crippen LogP contribution >= 0.6 is 31.9 Å². The van der Waals surface area contributed by atoms with Crippen molar-refractivity contribution in [1.29, 1.82) is 0 Å². The van der Waals surface area contributed by atoms with Crippen LogP contribution in [-0.2, 0) is 6.42 Å². The predicted molar refractivity (Wildman–Crippen MR) is 76.5 cm³/mol. The first kappa shape index (κ1) is 13.8. The third-order valence-electron chi connectivity index (χ3n) is 2.62. The van der Waals surface area contributed by atoms with E-state index in [1.165, 1.54) is 5.56 Å². The van der Waals surface area contributed by atoms with E-state index in [1.54, 1.807) is 7.11 Å². The lowest BCUT2D eigenvalue weighted by Crippen LogP contribution is -2.18. The lowest BCUT2D eigenvalue weighted by molar-refractivity contribution is 0.411. The van der Waals surface area contributed by atoms with Gasteiger partial charge in [0, 0.05) is 5.33 Å². The Bertz CT molecular complexity index is 376. The van der Waals surface area contributed by atoms with Crippen LogP contribution in [0.25, 0.3) is 0 Å².